The van der Waals surface area contributed by atoms with E-state index >= 15 is 0 Å². The molecule has 1 aromatic heterocycles. The highest BCUT2D eigenvalue weighted by molar-refractivity contribution is 5.84. The van der Waals surface area contributed by atoms with Gasteiger partial charge >= 0.3 is 0 Å². The number of anilines is 2. The number of halogens is 1. The van der Waals surface area contributed by atoms with Gasteiger partial charge in [-0.1, -0.05) is 0 Å². The van der Waals surface area contributed by atoms with E-state index in [-0.39, 0.29) is 23.2 Å². The summed E-state index contributed by atoms with van der Waals surface area (Å²) in [7, 11) is 0. The molecule has 0 fully saturated rings. The smallest absolute Gasteiger partial charge is 0.242 e. The molecule has 4 N–H and O–H groups in total. The molecule has 0 bridgehead atoms. The molecule has 1 aromatic rings. The van der Waals surface area contributed by atoms with Crippen LogP contribution in [-0.4, -0.2) is 27.5 Å². The molecule has 0 aliphatic rings. The third-order valence-corrected chi connectivity index (χ3v) is 2.01. The van der Waals surface area contributed by atoms with Crippen LogP contribution in [0.4, 0.5) is 16.2 Å². The minimum Gasteiger partial charge on any atom is -0.368 e. The number of amides is 1. The van der Waals surface area contributed by atoms with Gasteiger partial charge in [-0.3, -0.25) is 4.79 Å². The molecule has 0 spiro atoms. The molecule has 0 radical (unpaired) electrons. The van der Waals surface area contributed by atoms with Gasteiger partial charge in [0.2, 0.25) is 11.9 Å². The van der Waals surface area contributed by atoms with Crippen LogP contribution in [-0.2, 0) is 4.79 Å². The van der Waals surface area contributed by atoms with Crippen molar-refractivity contribution in [3.05, 3.63) is 12.0 Å². The number of nitrogens with zero attached hydrogens (tertiary/aromatic N) is 2. The lowest BCUT2D eigenvalue weighted by Gasteiger charge is -2.23. The molecule has 1 atom stereocenters. The molecule has 100 valence electrons. The van der Waals surface area contributed by atoms with E-state index in [1.54, 1.807) is 6.92 Å². The Morgan fingerprint density at radius 2 is 2.11 bits per heavy atom. The van der Waals surface area contributed by atoms with Crippen molar-refractivity contribution in [2.75, 3.05) is 11.1 Å². The van der Waals surface area contributed by atoms with Gasteiger partial charge in [0, 0.05) is 5.54 Å². The van der Waals surface area contributed by atoms with Gasteiger partial charge in [0.1, 0.15) is 6.04 Å². The first kappa shape index (κ1) is 14.1. The summed E-state index contributed by atoms with van der Waals surface area (Å²) in [5.41, 5.74) is 5.00. The van der Waals surface area contributed by atoms with Crippen LogP contribution >= 0.6 is 0 Å². The molecule has 1 rings (SSSR count). The van der Waals surface area contributed by atoms with E-state index in [4.69, 9.17) is 5.73 Å². The van der Waals surface area contributed by atoms with Crippen LogP contribution in [0, 0.1) is 5.82 Å². The van der Waals surface area contributed by atoms with Crippen LogP contribution in [0.5, 0.6) is 0 Å². The van der Waals surface area contributed by atoms with Gasteiger partial charge in [0.25, 0.3) is 0 Å². The fourth-order valence-corrected chi connectivity index (χ4v) is 1.23. The molecule has 7 heteroatoms. The summed E-state index contributed by atoms with van der Waals surface area (Å²) in [5.74, 6) is -1.04. The monoisotopic (exact) mass is 255 g/mol. The standard InChI is InChI=1S/C11H18FN5O/c1-6(9(18)17-11(2,3)4)15-8-7(12)5-14-10(13)16-8/h5-6H,1-4H3,(H,17,18)(H3,13,14,15,16). The Morgan fingerprint density at radius 3 is 2.67 bits per heavy atom. The van der Waals surface area contributed by atoms with E-state index in [1.807, 2.05) is 20.8 Å². The predicted molar refractivity (Wildman–Crippen MR) is 67.4 cm³/mol. The Hall–Kier alpha value is -1.92. The highest BCUT2D eigenvalue weighted by atomic mass is 19.1. The Labute approximate surface area is 105 Å². The second-order valence-electron chi connectivity index (χ2n) is 5.03. The lowest BCUT2D eigenvalue weighted by atomic mass is 10.1. The first-order chi connectivity index (χ1) is 8.19. The van der Waals surface area contributed by atoms with Gasteiger partial charge in [-0.25, -0.2) is 9.37 Å². The molecule has 18 heavy (non-hydrogen) atoms. The average Bonchev–Trinajstić information content (AvgIpc) is 2.21. The maximum absolute atomic E-state index is 13.4. The number of carbonyl (C=O) groups is 1. The van der Waals surface area contributed by atoms with E-state index < -0.39 is 11.9 Å². The normalized spacial score (nSPS) is 12.9. The molecule has 6 nitrogen and oxygen atoms in total. The van der Waals surface area contributed by atoms with E-state index in [1.165, 1.54) is 0 Å². The first-order valence-corrected chi connectivity index (χ1v) is 5.55. The Balaban J connectivity index is 2.72. The zero-order valence-electron chi connectivity index (χ0n) is 10.9. The van der Waals surface area contributed by atoms with E-state index in [0.717, 1.165) is 6.20 Å². The summed E-state index contributed by atoms with van der Waals surface area (Å²) in [6.45, 7) is 7.20. The van der Waals surface area contributed by atoms with Gasteiger partial charge in [0.15, 0.2) is 11.6 Å². The van der Waals surface area contributed by atoms with Crippen molar-refractivity contribution in [3.8, 4) is 0 Å². The van der Waals surface area contributed by atoms with Crippen molar-refractivity contribution in [2.24, 2.45) is 0 Å². The molecule has 0 aliphatic carbocycles. The zero-order chi connectivity index (χ0) is 13.9. The maximum Gasteiger partial charge on any atom is 0.242 e. The number of aromatic nitrogens is 2. The molecule has 1 unspecified atom stereocenters. The fraction of sp³-hybridized carbons (Fsp3) is 0.545. The van der Waals surface area contributed by atoms with Crippen molar-refractivity contribution in [3.63, 3.8) is 0 Å². The molecular formula is C11H18FN5O. The minimum atomic E-state index is -0.653. The van der Waals surface area contributed by atoms with Crippen LogP contribution < -0.4 is 16.4 Å². The summed E-state index contributed by atoms with van der Waals surface area (Å²) in [5, 5.41) is 5.43. The fourth-order valence-electron chi connectivity index (χ4n) is 1.23. The number of nitrogen functional groups attached to an aromatic ring is 1. The van der Waals surface area contributed by atoms with E-state index in [0.29, 0.717) is 0 Å². The molecule has 0 saturated heterocycles. The number of carbonyl (C=O) groups excluding carboxylic acids is 1. The Kier molecular flexibility index (Phi) is 4.05. The first-order valence-electron chi connectivity index (χ1n) is 5.55. The number of rotatable bonds is 3. The van der Waals surface area contributed by atoms with Gasteiger partial charge in [-0.05, 0) is 27.7 Å². The lowest BCUT2D eigenvalue weighted by molar-refractivity contribution is -0.122. The van der Waals surface area contributed by atoms with E-state index in [9.17, 15) is 9.18 Å². The van der Waals surface area contributed by atoms with Crippen molar-refractivity contribution >= 4 is 17.7 Å². The van der Waals surface area contributed by atoms with Crippen molar-refractivity contribution in [2.45, 2.75) is 39.3 Å². The second-order valence-corrected chi connectivity index (χ2v) is 5.03. The van der Waals surface area contributed by atoms with Crippen LogP contribution in [0.2, 0.25) is 0 Å². The lowest BCUT2D eigenvalue weighted by Crippen LogP contribution is -2.47. The maximum atomic E-state index is 13.4. The molecular weight excluding hydrogens is 237 g/mol. The summed E-state index contributed by atoms with van der Waals surface area (Å²) < 4.78 is 13.4. The van der Waals surface area contributed by atoms with Gasteiger partial charge in [-0.15, -0.1) is 0 Å². The number of nitrogens with one attached hydrogen (secondary N) is 2. The van der Waals surface area contributed by atoms with Gasteiger partial charge in [-0.2, -0.15) is 4.98 Å². The Bertz CT molecular complexity index is 444. The minimum absolute atomic E-state index is 0.0534. The quantitative estimate of drug-likeness (QED) is 0.746. The SMILES string of the molecule is CC(Nc1nc(N)ncc1F)C(=O)NC(C)(C)C. The van der Waals surface area contributed by atoms with Crippen LogP contribution in [0.3, 0.4) is 0 Å². The highest BCUT2D eigenvalue weighted by Crippen LogP contribution is 2.11. The molecule has 0 aliphatic heterocycles. The van der Waals surface area contributed by atoms with Crippen LogP contribution in [0.1, 0.15) is 27.7 Å². The van der Waals surface area contributed by atoms with Crippen LogP contribution in [0.15, 0.2) is 6.20 Å². The third-order valence-electron chi connectivity index (χ3n) is 2.01. The summed E-state index contributed by atoms with van der Waals surface area (Å²) in [6.07, 6.45) is 0.957. The predicted octanol–water partition coefficient (Wildman–Crippen LogP) is 0.913. The van der Waals surface area contributed by atoms with Crippen molar-refractivity contribution < 1.29 is 9.18 Å². The van der Waals surface area contributed by atoms with Crippen LogP contribution in [0.25, 0.3) is 0 Å². The third kappa shape index (κ3) is 4.15. The average molecular weight is 255 g/mol. The van der Waals surface area contributed by atoms with Crippen molar-refractivity contribution in [1.29, 1.82) is 0 Å². The number of hydrogen-bond donors (Lipinski definition) is 3. The second kappa shape index (κ2) is 5.16. The molecule has 0 saturated carbocycles. The number of hydrogen-bond acceptors (Lipinski definition) is 5. The Morgan fingerprint density at radius 1 is 1.50 bits per heavy atom. The molecule has 0 aromatic carbocycles. The summed E-state index contributed by atoms with van der Waals surface area (Å²) >= 11 is 0. The largest absolute Gasteiger partial charge is 0.368 e. The summed E-state index contributed by atoms with van der Waals surface area (Å²) in [4.78, 5) is 19.0. The van der Waals surface area contributed by atoms with Gasteiger partial charge < -0.3 is 16.4 Å². The van der Waals surface area contributed by atoms with E-state index in [2.05, 4.69) is 20.6 Å². The highest BCUT2D eigenvalue weighted by Gasteiger charge is 2.20. The summed E-state index contributed by atoms with van der Waals surface area (Å²) in [6, 6.07) is -0.631. The topological polar surface area (TPSA) is 92.9 Å². The molecule has 1 heterocycles. The molecule has 1 amide bonds. The number of nitrogens with two attached hydrogens (primary N) is 1. The zero-order valence-corrected chi connectivity index (χ0v) is 10.9. The van der Waals surface area contributed by atoms with Crippen molar-refractivity contribution in [1.82, 2.24) is 15.3 Å². The van der Waals surface area contributed by atoms with Gasteiger partial charge in [0.05, 0.1) is 6.20 Å².